The molecule has 3 aromatic rings. The van der Waals surface area contributed by atoms with Gasteiger partial charge in [-0.3, -0.25) is 9.59 Å². The summed E-state index contributed by atoms with van der Waals surface area (Å²) < 4.78 is 4.82. The molecule has 1 aromatic heterocycles. The summed E-state index contributed by atoms with van der Waals surface area (Å²) in [6.07, 6.45) is 0.411. The maximum Gasteiger partial charge on any atom is 0.306 e. The highest BCUT2D eigenvalue weighted by Crippen LogP contribution is 2.30. The number of rotatable bonds is 7. The zero-order valence-corrected chi connectivity index (χ0v) is 16.0. The highest BCUT2D eigenvalue weighted by Gasteiger charge is 2.21. The zero-order chi connectivity index (χ0) is 20.8. The summed E-state index contributed by atoms with van der Waals surface area (Å²) in [5, 5.41) is 20.4. The third-order valence-corrected chi connectivity index (χ3v) is 4.51. The number of aromatic nitrogens is 1. The van der Waals surface area contributed by atoms with E-state index in [0.29, 0.717) is 17.3 Å². The molecule has 0 bridgehead atoms. The number of carbonyl (C=O) groups is 2. The lowest BCUT2D eigenvalue weighted by molar-refractivity contribution is -0.143. The molecule has 6 heteroatoms. The lowest BCUT2D eigenvalue weighted by Crippen LogP contribution is -2.10. The van der Waals surface area contributed by atoms with Crippen molar-refractivity contribution in [2.45, 2.75) is 26.2 Å². The summed E-state index contributed by atoms with van der Waals surface area (Å²) in [6.45, 7) is 1.91. The summed E-state index contributed by atoms with van der Waals surface area (Å²) >= 11 is 0. The van der Waals surface area contributed by atoms with Crippen molar-refractivity contribution in [1.29, 1.82) is 5.26 Å². The molecule has 1 N–H and O–H groups in total. The summed E-state index contributed by atoms with van der Waals surface area (Å²) in [4.78, 5) is 28.3. The molecule has 0 saturated carbocycles. The van der Waals surface area contributed by atoms with E-state index in [1.807, 2.05) is 48.5 Å². The quantitative estimate of drug-likeness (QED) is 0.486. The summed E-state index contributed by atoms with van der Waals surface area (Å²) in [5.41, 5.74) is 2.34. The summed E-state index contributed by atoms with van der Waals surface area (Å²) in [7, 11) is 0. The smallest absolute Gasteiger partial charge is 0.306 e. The van der Waals surface area contributed by atoms with E-state index in [0.717, 1.165) is 11.1 Å². The van der Waals surface area contributed by atoms with E-state index in [1.165, 1.54) is 0 Å². The SMILES string of the molecule is CCOC(=O)CCC(=O)c1nc2cc(Cc3ccccc3)ccc2c(C#N)c1O. The predicted molar refractivity (Wildman–Crippen MR) is 108 cm³/mol. The first-order valence-corrected chi connectivity index (χ1v) is 9.32. The predicted octanol–water partition coefficient (Wildman–Crippen LogP) is 3.93. The van der Waals surface area contributed by atoms with E-state index in [-0.39, 0.29) is 30.7 Å². The molecule has 29 heavy (non-hydrogen) atoms. The van der Waals surface area contributed by atoms with Gasteiger partial charge in [-0.05, 0) is 30.5 Å². The zero-order valence-electron chi connectivity index (χ0n) is 16.0. The maximum absolute atomic E-state index is 12.5. The Morgan fingerprint density at radius 1 is 1.10 bits per heavy atom. The average Bonchev–Trinajstić information content (AvgIpc) is 2.72. The topological polar surface area (TPSA) is 100 Å². The Hall–Kier alpha value is -3.72. The van der Waals surface area contributed by atoms with Gasteiger partial charge < -0.3 is 9.84 Å². The van der Waals surface area contributed by atoms with Crippen LogP contribution in [0, 0.1) is 11.3 Å². The molecule has 0 spiro atoms. The van der Waals surface area contributed by atoms with Crippen LogP contribution in [0.2, 0.25) is 0 Å². The third-order valence-electron chi connectivity index (χ3n) is 4.51. The molecule has 0 aliphatic heterocycles. The number of ketones is 1. The Balaban J connectivity index is 1.95. The average molecular weight is 388 g/mol. The van der Waals surface area contributed by atoms with Gasteiger partial charge >= 0.3 is 5.97 Å². The van der Waals surface area contributed by atoms with Crippen molar-refractivity contribution in [3.05, 3.63) is 70.9 Å². The number of ether oxygens (including phenoxy) is 1. The van der Waals surface area contributed by atoms with Crippen LogP contribution in [0.4, 0.5) is 0 Å². The minimum Gasteiger partial charge on any atom is -0.504 e. The van der Waals surface area contributed by atoms with Crippen LogP contribution in [0.1, 0.15) is 46.9 Å². The molecule has 0 atom stereocenters. The highest BCUT2D eigenvalue weighted by atomic mass is 16.5. The summed E-state index contributed by atoms with van der Waals surface area (Å²) in [5.74, 6) is -1.46. The minimum atomic E-state index is -0.512. The second-order valence-corrected chi connectivity index (χ2v) is 6.54. The first-order chi connectivity index (χ1) is 14.0. The van der Waals surface area contributed by atoms with Crippen LogP contribution in [0.5, 0.6) is 5.75 Å². The van der Waals surface area contributed by atoms with E-state index >= 15 is 0 Å². The van der Waals surface area contributed by atoms with Gasteiger partial charge in [0, 0.05) is 11.8 Å². The Labute approximate surface area is 168 Å². The number of hydrogen-bond donors (Lipinski definition) is 1. The molecule has 2 aromatic carbocycles. The fraction of sp³-hybridized carbons (Fsp3) is 0.217. The van der Waals surface area contributed by atoms with Crippen molar-refractivity contribution in [2.75, 3.05) is 6.61 Å². The van der Waals surface area contributed by atoms with Gasteiger partial charge in [-0.2, -0.15) is 5.26 Å². The lowest BCUT2D eigenvalue weighted by atomic mass is 9.99. The van der Waals surface area contributed by atoms with Crippen LogP contribution in [0.25, 0.3) is 10.9 Å². The van der Waals surface area contributed by atoms with Crippen LogP contribution >= 0.6 is 0 Å². The van der Waals surface area contributed by atoms with Crippen LogP contribution < -0.4 is 0 Å². The second-order valence-electron chi connectivity index (χ2n) is 6.54. The van der Waals surface area contributed by atoms with Crippen LogP contribution in [0.15, 0.2) is 48.5 Å². The number of nitriles is 1. The molecule has 0 amide bonds. The molecule has 0 unspecified atom stereocenters. The molecule has 0 radical (unpaired) electrons. The molecule has 6 nitrogen and oxygen atoms in total. The van der Waals surface area contributed by atoms with Crippen molar-refractivity contribution in [2.24, 2.45) is 0 Å². The number of fused-ring (bicyclic) bond motifs is 1. The van der Waals surface area contributed by atoms with E-state index < -0.39 is 17.5 Å². The molecule has 1 heterocycles. The van der Waals surface area contributed by atoms with Crippen molar-refractivity contribution >= 4 is 22.7 Å². The van der Waals surface area contributed by atoms with E-state index in [2.05, 4.69) is 4.98 Å². The molecular weight excluding hydrogens is 368 g/mol. The fourth-order valence-electron chi connectivity index (χ4n) is 3.12. The van der Waals surface area contributed by atoms with E-state index in [4.69, 9.17) is 4.74 Å². The molecule has 0 aliphatic carbocycles. The maximum atomic E-state index is 12.5. The Morgan fingerprint density at radius 2 is 1.86 bits per heavy atom. The van der Waals surface area contributed by atoms with Crippen LogP contribution in [-0.2, 0) is 16.0 Å². The van der Waals surface area contributed by atoms with Crippen LogP contribution in [0.3, 0.4) is 0 Å². The fourth-order valence-corrected chi connectivity index (χ4v) is 3.12. The van der Waals surface area contributed by atoms with Gasteiger partial charge in [-0.15, -0.1) is 0 Å². The number of carbonyl (C=O) groups excluding carboxylic acids is 2. The number of Topliss-reactive ketones (excluding diaryl/α,β-unsaturated/α-hetero) is 1. The Kier molecular flexibility index (Phi) is 6.20. The lowest BCUT2D eigenvalue weighted by Gasteiger charge is -2.10. The van der Waals surface area contributed by atoms with Gasteiger partial charge in [0.25, 0.3) is 0 Å². The molecule has 0 aliphatic rings. The van der Waals surface area contributed by atoms with Gasteiger partial charge in [-0.1, -0.05) is 42.5 Å². The monoisotopic (exact) mass is 388 g/mol. The third kappa shape index (κ3) is 4.58. The Morgan fingerprint density at radius 3 is 2.55 bits per heavy atom. The molecule has 0 saturated heterocycles. The van der Waals surface area contributed by atoms with Crippen molar-refractivity contribution < 1.29 is 19.4 Å². The number of hydrogen-bond acceptors (Lipinski definition) is 6. The minimum absolute atomic E-state index is 0.000691. The number of aromatic hydroxyl groups is 1. The van der Waals surface area contributed by atoms with Crippen molar-refractivity contribution in [3.63, 3.8) is 0 Å². The molecule has 0 fully saturated rings. The molecule has 3 rings (SSSR count). The number of pyridine rings is 1. The first-order valence-electron chi connectivity index (χ1n) is 9.32. The largest absolute Gasteiger partial charge is 0.504 e. The number of benzene rings is 2. The Bertz CT molecular complexity index is 1100. The number of nitrogens with zero attached hydrogens (tertiary/aromatic N) is 2. The van der Waals surface area contributed by atoms with Gasteiger partial charge in [-0.25, -0.2) is 4.98 Å². The molecule has 146 valence electrons. The van der Waals surface area contributed by atoms with Crippen molar-refractivity contribution in [1.82, 2.24) is 4.98 Å². The van der Waals surface area contributed by atoms with Gasteiger partial charge in [0.15, 0.2) is 11.5 Å². The molecular formula is C23H20N2O4. The van der Waals surface area contributed by atoms with Gasteiger partial charge in [0.2, 0.25) is 0 Å². The standard InChI is InChI=1S/C23H20N2O4/c1-2-29-21(27)11-10-20(26)22-23(28)18(14-24)17-9-8-16(13-19(17)25-22)12-15-6-4-3-5-7-15/h3-9,13,28H,2,10-12H2,1H3. The van der Waals surface area contributed by atoms with Crippen LogP contribution in [-0.4, -0.2) is 28.4 Å². The van der Waals surface area contributed by atoms with Crippen molar-refractivity contribution in [3.8, 4) is 11.8 Å². The summed E-state index contributed by atoms with van der Waals surface area (Å²) in [6, 6.07) is 17.3. The second kappa shape index (κ2) is 8.98. The van der Waals surface area contributed by atoms with E-state index in [9.17, 15) is 20.0 Å². The highest BCUT2D eigenvalue weighted by molar-refractivity contribution is 6.02. The first kappa shape index (κ1) is 20.0. The van der Waals surface area contributed by atoms with E-state index in [1.54, 1.807) is 13.0 Å². The number of esters is 1. The normalized spacial score (nSPS) is 10.5. The van der Waals surface area contributed by atoms with Gasteiger partial charge in [0.1, 0.15) is 17.3 Å². The van der Waals surface area contributed by atoms with Gasteiger partial charge in [0.05, 0.1) is 18.5 Å².